The molecule has 1 saturated carbocycles. The molecule has 3 atom stereocenters. The van der Waals surface area contributed by atoms with Crippen LogP contribution in [0.25, 0.3) is 0 Å². The van der Waals surface area contributed by atoms with Crippen molar-refractivity contribution in [1.29, 1.82) is 0 Å². The molecule has 1 aliphatic carbocycles. The lowest BCUT2D eigenvalue weighted by Gasteiger charge is -2.15. The molecule has 0 aliphatic heterocycles. The Bertz CT molecular complexity index is 691. The van der Waals surface area contributed by atoms with Gasteiger partial charge in [-0.3, -0.25) is 4.79 Å². The van der Waals surface area contributed by atoms with Crippen molar-refractivity contribution in [2.24, 2.45) is 17.3 Å². The average molecular weight is 380 g/mol. The van der Waals surface area contributed by atoms with Crippen molar-refractivity contribution in [3.63, 3.8) is 0 Å². The van der Waals surface area contributed by atoms with Crippen molar-refractivity contribution in [2.75, 3.05) is 0 Å². The minimum absolute atomic E-state index is 0.0538. The van der Waals surface area contributed by atoms with Crippen LogP contribution in [-0.4, -0.2) is 11.9 Å². The average Bonchev–Trinajstić information content (AvgIpc) is 3.07. The summed E-state index contributed by atoms with van der Waals surface area (Å²) >= 11 is 12.2. The van der Waals surface area contributed by atoms with Gasteiger partial charge in [-0.25, -0.2) is 0 Å². The monoisotopic (exact) mass is 379 g/mol. The first-order chi connectivity index (χ1) is 11.6. The van der Waals surface area contributed by atoms with Crippen LogP contribution >= 0.6 is 23.2 Å². The lowest BCUT2D eigenvalue weighted by molar-refractivity contribution is -0.117. The first-order valence-corrected chi connectivity index (χ1v) is 9.50. The van der Waals surface area contributed by atoms with Crippen LogP contribution in [0.3, 0.4) is 0 Å². The van der Waals surface area contributed by atoms with Gasteiger partial charge in [-0.1, -0.05) is 75.2 Å². The molecule has 1 aromatic carbocycles. The molecule has 1 N–H and O–H groups in total. The molecule has 25 heavy (non-hydrogen) atoms. The van der Waals surface area contributed by atoms with Gasteiger partial charge >= 0.3 is 0 Å². The number of carbonyl (C=O) groups excluding carboxylic acids is 1. The van der Waals surface area contributed by atoms with Crippen LogP contribution in [0.4, 0.5) is 0 Å². The summed E-state index contributed by atoms with van der Waals surface area (Å²) < 4.78 is 0. The number of hydrogen-bond donors (Lipinski definition) is 1. The lowest BCUT2D eigenvalue weighted by atomic mass is 10.0. The van der Waals surface area contributed by atoms with E-state index in [4.69, 9.17) is 23.2 Å². The normalized spacial score (nSPS) is 23.4. The van der Waals surface area contributed by atoms with E-state index < -0.39 is 0 Å². The SMILES string of the molecule is CC(C)C(C)NC(=O)C=CC=C[C@H]1[C@H](c2ccc(Cl)c(Cl)c2)C1(C)C. The van der Waals surface area contributed by atoms with E-state index in [2.05, 4.69) is 39.1 Å². The Morgan fingerprint density at radius 3 is 2.44 bits per heavy atom. The van der Waals surface area contributed by atoms with E-state index in [1.807, 2.05) is 37.3 Å². The number of allylic oxidation sites excluding steroid dienone is 3. The van der Waals surface area contributed by atoms with E-state index >= 15 is 0 Å². The van der Waals surface area contributed by atoms with Gasteiger partial charge < -0.3 is 5.32 Å². The fraction of sp³-hybridized carbons (Fsp3) is 0.476. The van der Waals surface area contributed by atoms with Crippen molar-refractivity contribution in [1.82, 2.24) is 5.32 Å². The fourth-order valence-electron chi connectivity index (χ4n) is 3.15. The molecular weight excluding hydrogens is 353 g/mol. The highest BCUT2D eigenvalue weighted by Gasteiger charge is 2.56. The molecule has 1 aromatic rings. The number of rotatable bonds is 6. The number of halogens is 2. The molecule has 1 aliphatic rings. The van der Waals surface area contributed by atoms with Crippen molar-refractivity contribution in [2.45, 2.75) is 46.6 Å². The third-order valence-corrected chi connectivity index (χ3v) is 6.00. The summed E-state index contributed by atoms with van der Waals surface area (Å²) in [6.45, 7) is 10.7. The summed E-state index contributed by atoms with van der Waals surface area (Å²) in [7, 11) is 0. The van der Waals surface area contributed by atoms with E-state index in [-0.39, 0.29) is 17.4 Å². The third-order valence-electron chi connectivity index (χ3n) is 5.26. The molecule has 0 radical (unpaired) electrons. The molecule has 136 valence electrons. The molecule has 2 rings (SSSR count). The first-order valence-electron chi connectivity index (χ1n) is 8.75. The van der Waals surface area contributed by atoms with Crippen LogP contribution in [0.15, 0.2) is 42.5 Å². The van der Waals surface area contributed by atoms with E-state index in [1.54, 1.807) is 6.08 Å². The largest absolute Gasteiger partial charge is 0.350 e. The summed E-state index contributed by atoms with van der Waals surface area (Å²) in [5, 5.41) is 4.14. The summed E-state index contributed by atoms with van der Waals surface area (Å²) in [4.78, 5) is 11.8. The molecule has 0 bridgehead atoms. The fourth-order valence-corrected chi connectivity index (χ4v) is 3.45. The van der Waals surface area contributed by atoms with Crippen LogP contribution < -0.4 is 5.32 Å². The summed E-state index contributed by atoms with van der Waals surface area (Å²) in [6, 6.07) is 6.03. The maximum Gasteiger partial charge on any atom is 0.244 e. The summed E-state index contributed by atoms with van der Waals surface area (Å²) in [6.07, 6.45) is 7.52. The zero-order valence-electron chi connectivity index (χ0n) is 15.5. The minimum atomic E-state index is -0.0538. The minimum Gasteiger partial charge on any atom is -0.350 e. The van der Waals surface area contributed by atoms with Gasteiger partial charge in [0.15, 0.2) is 0 Å². The van der Waals surface area contributed by atoms with E-state index in [0.717, 1.165) is 0 Å². The second-order valence-electron chi connectivity index (χ2n) is 7.78. The number of hydrogen-bond acceptors (Lipinski definition) is 1. The second-order valence-corrected chi connectivity index (χ2v) is 8.60. The molecule has 1 amide bonds. The highest BCUT2D eigenvalue weighted by molar-refractivity contribution is 6.42. The Hall–Kier alpha value is -1.25. The summed E-state index contributed by atoms with van der Waals surface area (Å²) in [5.74, 6) is 1.21. The highest BCUT2D eigenvalue weighted by atomic mass is 35.5. The van der Waals surface area contributed by atoms with Crippen LogP contribution in [0.1, 0.15) is 46.1 Å². The Morgan fingerprint density at radius 1 is 1.16 bits per heavy atom. The van der Waals surface area contributed by atoms with E-state index in [1.165, 1.54) is 5.56 Å². The number of amides is 1. The van der Waals surface area contributed by atoms with Gasteiger partial charge in [-0.15, -0.1) is 0 Å². The standard InChI is InChI=1S/C21H27Cl2NO/c1-13(2)14(3)24-19(25)9-7-6-8-16-20(21(16,4)5)15-10-11-17(22)18(23)12-15/h6-14,16,20H,1-5H3,(H,24,25)/t14?,16-,20-/m0/s1. The molecule has 1 unspecified atom stereocenters. The Balaban J connectivity index is 1.96. The van der Waals surface area contributed by atoms with Gasteiger partial charge in [0, 0.05) is 12.1 Å². The number of carbonyl (C=O) groups is 1. The van der Waals surface area contributed by atoms with E-state index in [9.17, 15) is 4.79 Å². The van der Waals surface area contributed by atoms with Crippen LogP contribution in [0, 0.1) is 17.3 Å². The van der Waals surface area contributed by atoms with Crippen LogP contribution in [-0.2, 0) is 4.79 Å². The highest BCUT2D eigenvalue weighted by Crippen LogP contribution is 2.65. The first kappa shape index (κ1) is 20.1. The predicted octanol–water partition coefficient (Wildman–Crippen LogP) is 6.01. The quantitative estimate of drug-likeness (QED) is 0.476. The van der Waals surface area contributed by atoms with Gasteiger partial charge in [0.25, 0.3) is 0 Å². The smallest absolute Gasteiger partial charge is 0.244 e. The molecule has 0 spiro atoms. The Labute approximate surface area is 161 Å². The zero-order valence-corrected chi connectivity index (χ0v) is 17.0. The second kappa shape index (κ2) is 7.97. The maximum atomic E-state index is 11.8. The van der Waals surface area contributed by atoms with Crippen molar-refractivity contribution >= 4 is 29.1 Å². The van der Waals surface area contributed by atoms with Crippen molar-refractivity contribution in [3.05, 3.63) is 58.1 Å². The molecule has 4 heteroatoms. The molecule has 0 saturated heterocycles. The van der Waals surface area contributed by atoms with Crippen molar-refractivity contribution < 1.29 is 4.79 Å². The van der Waals surface area contributed by atoms with Gasteiger partial charge in [0.05, 0.1) is 10.0 Å². The summed E-state index contributed by atoms with van der Waals surface area (Å²) in [5.41, 5.74) is 1.39. The van der Waals surface area contributed by atoms with Gasteiger partial charge in [-0.05, 0) is 47.8 Å². The van der Waals surface area contributed by atoms with E-state index in [0.29, 0.717) is 27.8 Å². The Kier molecular flexibility index (Phi) is 6.40. The lowest BCUT2D eigenvalue weighted by Crippen LogP contribution is -2.34. The molecule has 1 fully saturated rings. The van der Waals surface area contributed by atoms with Gasteiger partial charge in [0.2, 0.25) is 5.91 Å². The topological polar surface area (TPSA) is 29.1 Å². The van der Waals surface area contributed by atoms with Crippen LogP contribution in [0.5, 0.6) is 0 Å². The number of nitrogens with one attached hydrogen (secondary N) is 1. The number of benzene rings is 1. The third kappa shape index (κ3) is 4.89. The molecule has 0 heterocycles. The molecular formula is C21H27Cl2NO. The predicted molar refractivity (Wildman–Crippen MR) is 107 cm³/mol. The maximum absolute atomic E-state index is 11.8. The molecule has 0 aromatic heterocycles. The zero-order chi connectivity index (χ0) is 18.8. The van der Waals surface area contributed by atoms with Crippen LogP contribution in [0.2, 0.25) is 10.0 Å². The molecule has 2 nitrogen and oxygen atoms in total. The van der Waals surface area contributed by atoms with Gasteiger partial charge in [-0.2, -0.15) is 0 Å². The van der Waals surface area contributed by atoms with Gasteiger partial charge in [0.1, 0.15) is 0 Å². The van der Waals surface area contributed by atoms with Crippen molar-refractivity contribution in [3.8, 4) is 0 Å². The Morgan fingerprint density at radius 2 is 1.84 bits per heavy atom.